The molecule has 1 aromatic carbocycles. The van der Waals surface area contributed by atoms with Crippen molar-refractivity contribution in [3.63, 3.8) is 0 Å². The van der Waals surface area contributed by atoms with Gasteiger partial charge in [-0.1, -0.05) is 0 Å². The highest BCUT2D eigenvalue weighted by molar-refractivity contribution is 5.91. The maximum absolute atomic E-state index is 13.7. The van der Waals surface area contributed by atoms with Gasteiger partial charge in [-0.15, -0.1) is 0 Å². The first kappa shape index (κ1) is 22.5. The van der Waals surface area contributed by atoms with E-state index in [1.54, 1.807) is 0 Å². The molecule has 0 radical (unpaired) electrons. The number of urea groups is 1. The van der Waals surface area contributed by atoms with Gasteiger partial charge in [-0.05, 0) is 31.4 Å². The van der Waals surface area contributed by atoms with Crippen molar-refractivity contribution in [1.82, 2.24) is 20.6 Å². The largest absolute Gasteiger partial charge is 0.394 e. The minimum Gasteiger partial charge on any atom is -0.394 e. The lowest BCUT2D eigenvalue weighted by atomic mass is 9.97. The summed E-state index contributed by atoms with van der Waals surface area (Å²) in [5, 5.41) is 17.2. The zero-order chi connectivity index (χ0) is 22.2. The van der Waals surface area contributed by atoms with Gasteiger partial charge in [0.1, 0.15) is 23.4 Å². The molecule has 11 heteroatoms. The Morgan fingerprint density at radius 1 is 1.23 bits per heavy atom. The molecule has 2 aromatic rings. The molecule has 9 nitrogen and oxygen atoms in total. The van der Waals surface area contributed by atoms with Crippen LogP contribution in [0.1, 0.15) is 29.8 Å². The van der Waals surface area contributed by atoms with Gasteiger partial charge in [-0.25, -0.2) is 18.6 Å². The number of anilines is 1. The molecule has 1 aliphatic heterocycles. The zero-order valence-corrected chi connectivity index (χ0v) is 16.6. The third-order valence-electron chi connectivity index (χ3n) is 4.84. The van der Waals surface area contributed by atoms with Crippen molar-refractivity contribution < 1.29 is 28.2 Å². The molecule has 1 aromatic heterocycles. The molecule has 4 N–H and O–H groups in total. The summed E-state index contributed by atoms with van der Waals surface area (Å²) >= 11 is 0. The van der Waals surface area contributed by atoms with Crippen LogP contribution < -0.4 is 16.0 Å². The average molecular weight is 435 g/mol. The Bertz CT molecular complexity index is 902. The summed E-state index contributed by atoms with van der Waals surface area (Å²) in [4.78, 5) is 31.9. The van der Waals surface area contributed by atoms with Gasteiger partial charge in [0, 0.05) is 25.0 Å². The molecule has 3 atom stereocenters. The number of benzene rings is 1. The molecule has 31 heavy (non-hydrogen) atoms. The first-order valence-electron chi connectivity index (χ1n) is 9.79. The molecule has 166 valence electrons. The molecule has 3 amide bonds. The lowest BCUT2D eigenvalue weighted by Crippen LogP contribution is -2.52. The van der Waals surface area contributed by atoms with Gasteiger partial charge >= 0.3 is 6.03 Å². The van der Waals surface area contributed by atoms with Crippen molar-refractivity contribution in [2.24, 2.45) is 0 Å². The van der Waals surface area contributed by atoms with E-state index in [0.29, 0.717) is 25.8 Å². The predicted octanol–water partition coefficient (Wildman–Crippen LogP) is 1.60. The summed E-state index contributed by atoms with van der Waals surface area (Å²) in [5.74, 6) is -1.79. The van der Waals surface area contributed by atoms with Gasteiger partial charge in [0.25, 0.3) is 5.91 Å². The topological polar surface area (TPSA) is 125 Å². The van der Waals surface area contributed by atoms with Crippen LogP contribution in [0.3, 0.4) is 0 Å². The van der Waals surface area contributed by atoms with E-state index in [1.165, 1.54) is 18.6 Å². The van der Waals surface area contributed by atoms with E-state index in [1.807, 2.05) is 0 Å². The van der Waals surface area contributed by atoms with Gasteiger partial charge in [0.2, 0.25) is 0 Å². The molecule has 0 aliphatic carbocycles. The van der Waals surface area contributed by atoms with Crippen LogP contribution in [0.4, 0.5) is 19.3 Å². The van der Waals surface area contributed by atoms with Crippen molar-refractivity contribution in [3.05, 3.63) is 54.1 Å². The van der Waals surface area contributed by atoms with E-state index in [2.05, 4.69) is 25.9 Å². The van der Waals surface area contributed by atoms with Gasteiger partial charge < -0.3 is 25.8 Å². The first-order chi connectivity index (χ1) is 15.0. The lowest BCUT2D eigenvalue weighted by Gasteiger charge is -2.36. The van der Waals surface area contributed by atoms with Crippen LogP contribution in [0.25, 0.3) is 0 Å². The number of hydrogen-bond donors (Lipinski definition) is 4. The lowest BCUT2D eigenvalue weighted by molar-refractivity contribution is -0.0886. The molecule has 1 saturated heterocycles. The smallest absolute Gasteiger partial charge is 0.319 e. The number of aliphatic hydroxyl groups is 1. The zero-order valence-electron chi connectivity index (χ0n) is 16.6. The number of halogens is 2. The molecule has 1 fully saturated rings. The fourth-order valence-corrected chi connectivity index (χ4v) is 3.28. The second-order valence-corrected chi connectivity index (χ2v) is 7.02. The third kappa shape index (κ3) is 6.40. The van der Waals surface area contributed by atoms with Crippen LogP contribution in [-0.2, 0) is 4.74 Å². The van der Waals surface area contributed by atoms with Crippen molar-refractivity contribution in [3.8, 4) is 0 Å². The Morgan fingerprint density at radius 3 is 2.81 bits per heavy atom. The van der Waals surface area contributed by atoms with Crippen molar-refractivity contribution in [2.45, 2.75) is 37.5 Å². The Hall–Kier alpha value is -3.18. The Morgan fingerprint density at radius 2 is 2.06 bits per heavy atom. The second kappa shape index (κ2) is 10.7. The maximum Gasteiger partial charge on any atom is 0.319 e. The highest BCUT2D eigenvalue weighted by atomic mass is 19.1. The molecule has 3 rings (SSSR count). The van der Waals surface area contributed by atoms with E-state index in [9.17, 15) is 23.5 Å². The van der Waals surface area contributed by atoms with Gasteiger partial charge in [-0.3, -0.25) is 9.78 Å². The van der Waals surface area contributed by atoms with Crippen LogP contribution in [0.2, 0.25) is 0 Å². The maximum atomic E-state index is 13.7. The third-order valence-corrected chi connectivity index (χ3v) is 4.84. The number of carbonyl (C=O) groups is 2. The molecule has 1 aliphatic rings. The first-order valence-corrected chi connectivity index (χ1v) is 9.79. The molecule has 2 heterocycles. The number of rotatable bonds is 7. The highest BCUT2D eigenvalue weighted by Crippen LogP contribution is 2.22. The number of hydrogen-bond acceptors (Lipinski definition) is 6. The van der Waals surface area contributed by atoms with Crippen LogP contribution >= 0.6 is 0 Å². The quantitative estimate of drug-likeness (QED) is 0.524. The van der Waals surface area contributed by atoms with Crippen molar-refractivity contribution >= 4 is 17.6 Å². The molecule has 0 saturated carbocycles. The highest BCUT2D eigenvalue weighted by Gasteiger charge is 2.32. The Labute approximate surface area is 177 Å². The molecule has 0 spiro atoms. The number of nitrogens with one attached hydrogen (secondary N) is 3. The number of aliphatic hydroxyl groups excluding tert-OH is 1. The fourth-order valence-electron chi connectivity index (χ4n) is 3.28. The summed E-state index contributed by atoms with van der Waals surface area (Å²) in [6.07, 6.45) is 4.97. The van der Waals surface area contributed by atoms with Gasteiger partial charge in [0.15, 0.2) is 0 Å². The Kier molecular flexibility index (Phi) is 7.79. The van der Waals surface area contributed by atoms with Gasteiger partial charge in [0.05, 0.1) is 30.6 Å². The summed E-state index contributed by atoms with van der Waals surface area (Å²) < 4.78 is 32.7. The fraction of sp³-hybridized carbons (Fsp3) is 0.400. The molecule has 0 unspecified atom stereocenters. The van der Waals surface area contributed by atoms with Crippen LogP contribution in [-0.4, -0.2) is 58.4 Å². The van der Waals surface area contributed by atoms with E-state index in [4.69, 9.17) is 4.74 Å². The monoisotopic (exact) mass is 435 g/mol. The summed E-state index contributed by atoms with van der Waals surface area (Å²) in [5.41, 5.74) is -0.0724. The van der Waals surface area contributed by atoms with E-state index in [-0.39, 0.29) is 30.0 Å². The molecular weight excluding hydrogens is 412 g/mol. The molecular formula is C20H23F2N5O4. The van der Waals surface area contributed by atoms with Gasteiger partial charge in [-0.2, -0.15) is 0 Å². The predicted molar refractivity (Wildman–Crippen MR) is 106 cm³/mol. The van der Waals surface area contributed by atoms with Crippen LogP contribution in [0.5, 0.6) is 0 Å². The average Bonchev–Trinajstić information content (AvgIpc) is 2.77. The van der Waals surface area contributed by atoms with Crippen molar-refractivity contribution in [1.29, 1.82) is 0 Å². The van der Waals surface area contributed by atoms with E-state index in [0.717, 1.165) is 18.2 Å². The number of aromatic nitrogens is 2. The second-order valence-electron chi connectivity index (χ2n) is 7.02. The standard InChI is InChI=1S/C20H23F2N5O4/c21-12-1-3-14(22)16(9-12)27-20(30)26-15-4-2-13(31-18(15)11-28)5-6-25-19(29)17-10-23-7-8-24-17/h1,3,7-10,13,15,18,28H,2,4-6,11H2,(H,25,29)(H2,26,27,30)/t13-,15+,18-/m1/s1. The van der Waals surface area contributed by atoms with Crippen LogP contribution in [0, 0.1) is 11.6 Å². The minimum absolute atomic E-state index is 0.213. The summed E-state index contributed by atoms with van der Waals surface area (Å²) in [6, 6.07) is 1.50. The number of ether oxygens (including phenoxy) is 1. The normalized spacial score (nSPS) is 20.7. The Balaban J connectivity index is 1.45. The minimum atomic E-state index is -0.765. The van der Waals surface area contributed by atoms with E-state index < -0.39 is 29.8 Å². The number of carbonyl (C=O) groups excluding carboxylic acids is 2. The number of nitrogens with zero attached hydrogens (tertiary/aromatic N) is 2. The SMILES string of the molecule is O=C(Nc1cc(F)ccc1F)N[C@H]1CC[C@H](CCNC(=O)c2cnccn2)O[C@@H]1CO. The summed E-state index contributed by atoms with van der Waals surface area (Å²) in [7, 11) is 0. The number of amides is 3. The molecule has 0 bridgehead atoms. The van der Waals surface area contributed by atoms with E-state index >= 15 is 0 Å². The van der Waals surface area contributed by atoms with Crippen LogP contribution in [0.15, 0.2) is 36.8 Å². The van der Waals surface area contributed by atoms with Crippen molar-refractivity contribution in [2.75, 3.05) is 18.5 Å². The summed E-state index contributed by atoms with van der Waals surface area (Å²) in [6.45, 7) is 0.0113.